The van der Waals surface area contributed by atoms with Gasteiger partial charge < -0.3 is 20.4 Å². The summed E-state index contributed by atoms with van der Waals surface area (Å²) < 4.78 is 7.43. The molecule has 110 valence electrons. The number of carbonyl (C=O) groups is 1. The smallest absolute Gasteiger partial charge is 0.223 e. The Morgan fingerprint density at radius 2 is 2.40 bits per heavy atom. The predicted octanol–water partition coefficient (Wildman–Crippen LogP) is 0.446. The number of carbonyl (C=O) groups excluding carboxylic acids is 1. The van der Waals surface area contributed by atoms with Crippen molar-refractivity contribution < 1.29 is 9.53 Å². The van der Waals surface area contributed by atoms with E-state index in [1.165, 1.54) is 0 Å². The molecule has 1 aromatic rings. The lowest BCUT2D eigenvalue weighted by atomic mass is 9.97. The minimum atomic E-state index is -0.0425. The Kier molecular flexibility index (Phi) is 4.03. The Bertz CT molecular complexity index is 463. The van der Waals surface area contributed by atoms with E-state index in [9.17, 15) is 4.79 Å². The molecule has 1 aromatic heterocycles. The van der Waals surface area contributed by atoms with E-state index in [2.05, 4.69) is 10.3 Å². The topological polar surface area (TPSA) is 82.2 Å². The molecule has 0 bridgehead atoms. The summed E-state index contributed by atoms with van der Waals surface area (Å²) in [5.41, 5.74) is 7.34. The van der Waals surface area contributed by atoms with Crippen molar-refractivity contribution in [2.75, 3.05) is 19.8 Å². The van der Waals surface area contributed by atoms with Gasteiger partial charge in [-0.1, -0.05) is 0 Å². The van der Waals surface area contributed by atoms with Gasteiger partial charge in [-0.2, -0.15) is 0 Å². The lowest BCUT2D eigenvalue weighted by Crippen LogP contribution is -2.30. The third-order valence-electron chi connectivity index (χ3n) is 4.16. The van der Waals surface area contributed by atoms with E-state index < -0.39 is 0 Å². The molecule has 6 nitrogen and oxygen atoms in total. The van der Waals surface area contributed by atoms with Gasteiger partial charge in [-0.3, -0.25) is 4.79 Å². The van der Waals surface area contributed by atoms with E-state index in [1.807, 2.05) is 10.8 Å². The van der Waals surface area contributed by atoms with Crippen molar-refractivity contribution in [3.05, 3.63) is 18.2 Å². The molecular formula is C14H22N4O2. The van der Waals surface area contributed by atoms with Crippen molar-refractivity contribution in [2.45, 2.75) is 31.8 Å². The van der Waals surface area contributed by atoms with Gasteiger partial charge in [0.05, 0.1) is 24.7 Å². The fourth-order valence-corrected chi connectivity index (χ4v) is 2.66. The summed E-state index contributed by atoms with van der Waals surface area (Å²) in [5.74, 6) is 0.807. The highest BCUT2D eigenvalue weighted by Gasteiger charge is 2.29. The number of amides is 1. The van der Waals surface area contributed by atoms with Crippen LogP contribution in [0.5, 0.6) is 0 Å². The Balaban J connectivity index is 1.53. The quantitative estimate of drug-likeness (QED) is 0.791. The van der Waals surface area contributed by atoms with Crippen LogP contribution in [0.15, 0.2) is 12.5 Å². The second-order valence-corrected chi connectivity index (χ2v) is 5.73. The first-order chi connectivity index (χ1) is 9.75. The average molecular weight is 278 g/mol. The first-order valence-electron chi connectivity index (χ1n) is 7.37. The van der Waals surface area contributed by atoms with E-state index in [0.29, 0.717) is 12.5 Å². The molecule has 0 aromatic carbocycles. The van der Waals surface area contributed by atoms with E-state index in [4.69, 9.17) is 10.5 Å². The third kappa shape index (κ3) is 3.02. The van der Waals surface area contributed by atoms with Crippen molar-refractivity contribution in [3.63, 3.8) is 0 Å². The minimum Gasteiger partial charge on any atom is -0.381 e. The zero-order valence-corrected chi connectivity index (χ0v) is 11.6. The first kappa shape index (κ1) is 13.6. The second-order valence-electron chi connectivity index (χ2n) is 5.73. The molecule has 1 saturated heterocycles. The molecule has 3 rings (SSSR count). The number of hydrogen-bond donors (Lipinski definition) is 2. The third-order valence-corrected chi connectivity index (χ3v) is 4.16. The average Bonchev–Trinajstić information content (AvgIpc) is 2.98. The number of aromatic nitrogens is 2. The van der Waals surface area contributed by atoms with Crippen LogP contribution in [-0.4, -0.2) is 35.2 Å². The Hall–Kier alpha value is -1.40. The highest BCUT2D eigenvalue weighted by molar-refractivity contribution is 5.80. The summed E-state index contributed by atoms with van der Waals surface area (Å²) in [4.78, 5) is 15.8. The molecule has 1 aliphatic heterocycles. The van der Waals surface area contributed by atoms with Crippen LogP contribution in [0.25, 0.3) is 0 Å². The molecule has 1 amide bonds. The largest absolute Gasteiger partial charge is 0.381 e. The van der Waals surface area contributed by atoms with Gasteiger partial charge in [-0.05, 0) is 19.3 Å². The molecular weight excluding hydrogens is 256 g/mol. The molecule has 1 aliphatic carbocycles. The summed E-state index contributed by atoms with van der Waals surface area (Å²) >= 11 is 0. The number of nitrogens with one attached hydrogen (secondary N) is 1. The molecule has 2 fully saturated rings. The highest BCUT2D eigenvalue weighted by atomic mass is 16.5. The van der Waals surface area contributed by atoms with E-state index >= 15 is 0 Å². The summed E-state index contributed by atoms with van der Waals surface area (Å²) in [6.45, 7) is 2.87. The summed E-state index contributed by atoms with van der Waals surface area (Å²) in [7, 11) is 0. The fourth-order valence-electron chi connectivity index (χ4n) is 2.66. The summed E-state index contributed by atoms with van der Waals surface area (Å²) in [6.07, 6.45) is 6.69. The van der Waals surface area contributed by atoms with Crippen molar-refractivity contribution in [1.82, 2.24) is 14.9 Å². The van der Waals surface area contributed by atoms with E-state index in [0.717, 1.165) is 44.7 Å². The number of nitrogens with zero attached hydrogens (tertiary/aromatic N) is 2. The summed E-state index contributed by atoms with van der Waals surface area (Å²) in [6, 6.07) is -0.0425. The lowest BCUT2D eigenvalue weighted by Gasteiger charge is -2.19. The Morgan fingerprint density at radius 1 is 1.55 bits per heavy atom. The molecule has 2 unspecified atom stereocenters. The number of hydrogen-bond acceptors (Lipinski definition) is 4. The van der Waals surface area contributed by atoms with Crippen LogP contribution in [0.3, 0.4) is 0 Å². The van der Waals surface area contributed by atoms with Crippen molar-refractivity contribution in [2.24, 2.45) is 17.6 Å². The highest BCUT2D eigenvalue weighted by Crippen LogP contribution is 2.28. The molecule has 2 aliphatic rings. The van der Waals surface area contributed by atoms with Crippen LogP contribution in [0, 0.1) is 11.8 Å². The number of imidazole rings is 1. The predicted molar refractivity (Wildman–Crippen MR) is 73.8 cm³/mol. The number of ether oxygens (including phenoxy) is 1. The van der Waals surface area contributed by atoms with Gasteiger partial charge in [0.15, 0.2) is 0 Å². The van der Waals surface area contributed by atoms with E-state index in [1.54, 1.807) is 6.33 Å². The molecule has 3 N–H and O–H groups in total. The van der Waals surface area contributed by atoms with Gasteiger partial charge in [-0.25, -0.2) is 4.98 Å². The number of nitrogens with two attached hydrogens (primary N) is 1. The normalized spacial score (nSPS) is 23.8. The van der Waals surface area contributed by atoms with Crippen LogP contribution >= 0.6 is 0 Å². The van der Waals surface area contributed by atoms with Crippen LogP contribution < -0.4 is 11.1 Å². The first-order valence-corrected chi connectivity index (χ1v) is 7.37. The van der Waals surface area contributed by atoms with Crippen LogP contribution in [0.1, 0.15) is 31.0 Å². The van der Waals surface area contributed by atoms with Gasteiger partial charge in [0.2, 0.25) is 5.91 Å². The summed E-state index contributed by atoms with van der Waals surface area (Å²) in [5, 5.41) is 2.97. The van der Waals surface area contributed by atoms with Gasteiger partial charge >= 0.3 is 0 Å². The zero-order valence-electron chi connectivity index (χ0n) is 11.6. The Morgan fingerprint density at radius 3 is 3.10 bits per heavy atom. The van der Waals surface area contributed by atoms with Crippen LogP contribution in [0.4, 0.5) is 0 Å². The molecule has 0 radical (unpaired) electrons. The van der Waals surface area contributed by atoms with Crippen LogP contribution in [0.2, 0.25) is 0 Å². The molecule has 0 spiro atoms. The zero-order chi connectivity index (χ0) is 13.9. The van der Waals surface area contributed by atoms with Crippen molar-refractivity contribution >= 4 is 5.91 Å². The monoisotopic (exact) mass is 278 g/mol. The standard InChI is InChI=1S/C14H22N4O2/c15-13(11-3-6-20-8-11)12-7-16-9-18(12)5-4-17-14(19)10-1-2-10/h7,9-11,13H,1-6,8,15H2,(H,17,19). The van der Waals surface area contributed by atoms with Gasteiger partial charge in [0, 0.05) is 37.7 Å². The SMILES string of the molecule is NC(c1cncn1CCNC(=O)C1CC1)C1CCOC1. The Labute approximate surface area is 118 Å². The van der Waals surface area contributed by atoms with Crippen molar-refractivity contribution in [3.8, 4) is 0 Å². The maximum absolute atomic E-state index is 11.6. The lowest BCUT2D eigenvalue weighted by molar-refractivity contribution is -0.122. The minimum absolute atomic E-state index is 0.0425. The molecule has 2 heterocycles. The molecule has 1 saturated carbocycles. The van der Waals surface area contributed by atoms with Gasteiger partial charge in [0.1, 0.15) is 0 Å². The molecule has 2 atom stereocenters. The van der Waals surface area contributed by atoms with Crippen molar-refractivity contribution in [1.29, 1.82) is 0 Å². The maximum Gasteiger partial charge on any atom is 0.223 e. The van der Waals surface area contributed by atoms with E-state index in [-0.39, 0.29) is 17.9 Å². The van der Waals surface area contributed by atoms with Crippen LogP contribution in [-0.2, 0) is 16.1 Å². The molecule has 6 heteroatoms. The van der Waals surface area contributed by atoms with Gasteiger partial charge in [0.25, 0.3) is 0 Å². The number of rotatable bonds is 6. The fraction of sp³-hybridized carbons (Fsp3) is 0.714. The van der Waals surface area contributed by atoms with Gasteiger partial charge in [-0.15, -0.1) is 0 Å². The second kappa shape index (κ2) is 5.93. The maximum atomic E-state index is 11.6. The molecule has 20 heavy (non-hydrogen) atoms.